The van der Waals surface area contributed by atoms with Crippen molar-refractivity contribution < 1.29 is 46.1 Å². The maximum absolute atomic E-state index is 13.3. The van der Waals surface area contributed by atoms with Gasteiger partial charge in [0.25, 0.3) is 11.8 Å². The molecular weight excluding hydrogens is 985 g/mol. The molecule has 2 amide bonds. The molecule has 22 nitrogen and oxygen atoms in total. The van der Waals surface area contributed by atoms with Crippen molar-refractivity contribution >= 4 is 34.5 Å². The highest BCUT2D eigenvalue weighted by atomic mass is 19.3. The third kappa shape index (κ3) is 10.9. The Kier molecular flexibility index (Phi) is 13.9. The molecule has 2 N–H and O–H groups in total. The molecule has 2 aromatic carbocycles. The lowest BCUT2D eigenvalue weighted by atomic mass is 9.93. The molecule has 8 heterocycles. The molecule has 0 bridgehead atoms. The summed E-state index contributed by atoms with van der Waals surface area (Å²) in [6.45, 7) is -3.36. The van der Waals surface area contributed by atoms with Gasteiger partial charge in [0.1, 0.15) is 45.5 Å². The number of anilines is 2. The molecule has 0 aliphatic heterocycles. The summed E-state index contributed by atoms with van der Waals surface area (Å²) in [5.74, 6) is 0.486. The fourth-order valence-electron chi connectivity index (χ4n) is 8.07. The Morgan fingerprint density at radius 3 is 1.64 bits per heavy atom. The van der Waals surface area contributed by atoms with Crippen LogP contribution in [0.5, 0.6) is 34.5 Å². The molecule has 1 saturated carbocycles. The van der Waals surface area contributed by atoms with Gasteiger partial charge in [-0.2, -0.15) is 48.2 Å². The normalized spacial score (nSPS) is 12.4. The van der Waals surface area contributed by atoms with E-state index in [0.29, 0.717) is 40.3 Å². The second-order valence-corrected chi connectivity index (χ2v) is 16.9. The Labute approximate surface area is 422 Å². The summed E-state index contributed by atoms with van der Waals surface area (Å²) < 4.78 is 83.8. The van der Waals surface area contributed by atoms with Gasteiger partial charge in [-0.15, -0.1) is 0 Å². The molecule has 1 aliphatic carbocycles. The van der Waals surface area contributed by atoms with Gasteiger partial charge in [-0.3, -0.25) is 28.3 Å². The smallest absolute Gasteiger partial charge is 0.387 e. The maximum Gasteiger partial charge on any atom is 0.387 e. The van der Waals surface area contributed by atoms with Crippen LogP contribution in [0.2, 0.25) is 0 Å². The van der Waals surface area contributed by atoms with Gasteiger partial charge in [0.2, 0.25) is 0 Å². The molecule has 0 radical (unpaired) electrons. The number of carbonyl (C=O) groups excluding carboxylic acids is 2. The van der Waals surface area contributed by atoms with Gasteiger partial charge < -0.3 is 29.6 Å². The van der Waals surface area contributed by atoms with E-state index in [1.54, 1.807) is 86.7 Å². The zero-order valence-electron chi connectivity index (χ0n) is 40.0. The summed E-state index contributed by atoms with van der Waals surface area (Å²) in [5.41, 5.74) is 2.61. The lowest BCUT2D eigenvalue weighted by molar-refractivity contribution is -0.0501. The van der Waals surface area contributed by atoms with Gasteiger partial charge in [0, 0.05) is 57.8 Å². The van der Waals surface area contributed by atoms with Crippen LogP contribution < -0.4 is 29.6 Å². The third-order valence-corrected chi connectivity index (χ3v) is 11.6. The summed E-state index contributed by atoms with van der Waals surface area (Å²) in [5, 5.41) is 31.2. The number of amides is 2. The van der Waals surface area contributed by atoms with Crippen LogP contribution in [0.1, 0.15) is 59.4 Å². The molecule has 26 heteroatoms. The minimum Gasteiger partial charge on any atom is -0.454 e. The van der Waals surface area contributed by atoms with E-state index in [9.17, 15) is 27.2 Å². The van der Waals surface area contributed by atoms with Crippen molar-refractivity contribution in [1.82, 2.24) is 68.3 Å². The number of rotatable bonds is 17. The van der Waals surface area contributed by atoms with E-state index in [1.165, 1.54) is 73.6 Å². The van der Waals surface area contributed by atoms with E-state index in [-0.39, 0.29) is 56.5 Å². The topological polar surface area (TPSA) is 227 Å². The van der Waals surface area contributed by atoms with Gasteiger partial charge in [0.15, 0.2) is 22.8 Å². The maximum atomic E-state index is 13.3. The van der Waals surface area contributed by atoms with Crippen molar-refractivity contribution in [1.29, 1.82) is 0 Å². The van der Waals surface area contributed by atoms with Crippen molar-refractivity contribution in [3.05, 3.63) is 134 Å². The second kappa shape index (κ2) is 21.2. The van der Waals surface area contributed by atoms with Crippen LogP contribution >= 0.6 is 0 Å². The fourth-order valence-corrected chi connectivity index (χ4v) is 8.07. The molecule has 384 valence electrons. The first-order valence-electron chi connectivity index (χ1n) is 23.2. The number of hydrogen-bond acceptors (Lipinski definition) is 14. The van der Waals surface area contributed by atoms with E-state index >= 15 is 0 Å². The van der Waals surface area contributed by atoms with Crippen LogP contribution in [0.4, 0.5) is 28.9 Å². The third-order valence-electron chi connectivity index (χ3n) is 11.6. The SMILES string of the molecule is CCCn1cc(Oc2ccc(OC(F)F)c(-c3nn(C)cc3NC(=O)c3cnn4cccnc34)c2)cn1.Cn1cc(NC(=O)c2cnn3cccnc23)c(-c2cc(Oc3cnn(C4CCC4)c3)ccc2OC(F)F)n1. The average molecular weight is 1030 g/mol. The molecule has 0 saturated heterocycles. The number of carbonyl (C=O) groups is 2. The van der Waals surface area contributed by atoms with Crippen LogP contribution in [0.25, 0.3) is 33.8 Å². The second-order valence-electron chi connectivity index (χ2n) is 16.9. The largest absolute Gasteiger partial charge is 0.454 e. The van der Waals surface area contributed by atoms with E-state index < -0.39 is 25.0 Å². The predicted octanol–water partition coefficient (Wildman–Crippen LogP) is 9.08. The number of alkyl halides is 4. The first kappa shape index (κ1) is 49.0. The summed E-state index contributed by atoms with van der Waals surface area (Å²) in [6, 6.07) is 12.6. The molecule has 1 fully saturated rings. The Morgan fingerprint density at radius 1 is 0.653 bits per heavy atom. The number of nitrogens with zero attached hydrogens (tertiary/aromatic N) is 14. The first-order valence-corrected chi connectivity index (χ1v) is 23.2. The standard InChI is InChI=1S/C25H22F2N8O3.C24H22F2N8O3/c1-33-14-20(31-24(36)19-12-30-34-9-3-8-28-23(19)34)22(32-33)18-10-16(6-7-21(18)38-25(26)27)37-17-11-29-35(13-17)15-4-2-5-15;1-3-8-33-13-16(11-28-33)36-15-5-6-20(37-24(25)26)17(10-15)21-19(14-32(2)31-21)30-23(35)18-12-29-34-9-4-7-27-22(18)34/h3,6-15,25H,2,4-5H2,1H3,(H,31,36);4-7,9-14,24H,3,8H2,1-2H3,(H,30,35). The lowest BCUT2D eigenvalue weighted by Gasteiger charge is -2.25. The minimum atomic E-state index is -3.07. The van der Waals surface area contributed by atoms with Gasteiger partial charge in [-0.25, -0.2) is 19.0 Å². The zero-order valence-corrected chi connectivity index (χ0v) is 40.0. The van der Waals surface area contributed by atoms with E-state index in [4.69, 9.17) is 18.9 Å². The number of hydrogen-bond donors (Lipinski definition) is 2. The van der Waals surface area contributed by atoms with Crippen molar-refractivity contribution in [3.63, 3.8) is 0 Å². The number of ether oxygens (including phenoxy) is 4. The van der Waals surface area contributed by atoms with Crippen molar-refractivity contribution in [3.8, 4) is 57.0 Å². The van der Waals surface area contributed by atoms with Crippen LogP contribution in [-0.4, -0.2) is 93.4 Å². The molecule has 0 unspecified atom stereocenters. The van der Waals surface area contributed by atoms with Crippen molar-refractivity contribution in [2.45, 2.75) is 58.4 Å². The minimum absolute atomic E-state index is 0.121. The number of nitrogens with one attached hydrogen (secondary N) is 2. The number of aromatic nitrogens is 14. The molecule has 0 spiro atoms. The van der Waals surface area contributed by atoms with Gasteiger partial charge in [-0.05, 0) is 74.2 Å². The number of halogens is 4. The molecule has 8 aromatic heterocycles. The van der Waals surface area contributed by atoms with Crippen LogP contribution in [0, 0.1) is 0 Å². The zero-order chi connectivity index (χ0) is 52.2. The lowest BCUT2D eigenvalue weighted by Crippen LogP contribution is -2.16. The van der Waals surface area contributed by atoms with E-state index in [1.807, 2.05) is 17.8 Å². The summed E-state index contributed by atoms with van der Waals surface area (Å²) >= 11 is 0. The molecule has 11 rings (SSSR count). The molecule has 75 heavy (non-hydrogen) atoms. The quantitative estimate of drug-likeness (QED) is 0.0812. The van der Waals surface area contributed by atoms with Crippen LogP contribution in [0.3, 0.4) is 0 Å². The molecule has 10 aromatic rings. The predicted molar refractivity (Wildman–Crippen MR) is 260 cm³/mol. The van der Waals surface area contributed by atoms with Gasteiger partial charge in [0.05, 0.1) is 65.7 Å². The number of aryl methyl sites for hydroxylation is 3. The van der Waals surface area contributed by atoms with Gasteiger partial charge in [-0.1, -0.05) is 6.92 Å². The van der Waals surface area contributed by atoms with Gasteiger partial charge >= 0.3 is 13.2 Å². The Morgan fingerprint density at radius 2 is 1.16 bits per heavy atom. The number of benzene rings is 2. The van der Waals surface area contributed by atoms with Crippen LogP contribution in [-0.2, 0) is 20.6 Å². The summed E-state index contributed by atoms with van der Waals surface area (Å²) in [4.78, 5) is 34.6. The summed E-state index contributed by atoms with van der Waals surface area (Å²) in [6.07, 6.45) is 23.3. The fraction of sp³-hybridized carbons (Fsp3) is 0.224. The molecule has 1 aliphatic rings. The summed E-state index contributed by atoms with van der Waals surface area (Å²) in [7, 11) is 3.30. The molecule has 0 atom stereocenters. The van der Waals surface area contributed by atoms with Crippen molar-refractivity contribution in [2.75, 3.05) is 10.6 Å². The highest BCUT2D eigenvalue weighted by molar-refractivity contribution is 6.10. The van der Waals surface area contributed by atoms with E-state index in [2.05, 4.69) is 51.2 Å². The van der Waals surface area contributed by atoms with Crippen molar-refractivity contribution in [2.24, 2.45) is 14.1 Å². The Balaban J connectivity index is 0.000000171. The van der Waals surface area contributed by atoms with E-state index in [0.717, 1.165) is 25.8 Å². The Bertz CT molecular complexity index is 3650. The first-order chi connectivity index (χ1) is 36.3. The number of fused-ring (bicyclic) bond motifs is 2. The highest BCUT2D eigenvalue weighted by Crippen LogP contribution is 2.41. The molecular formula is C49H44F4N16O6. The average Bonchev–Trinajstić information content (AvgIpc) is 4.26. The monoisotopic (exact) mass is 1030 g/mol. The highest BCUT2D eigenvalue weighted by Gasteiger charge is 2.25. The Hall–Kier alpha value is -9.62. The van der Waals surface area contributed by atoms with Crippen LogP contribution in [0.15, 0.2) is 123 Å².